The summed E-state index contributed by atoms with van der Waals surface area (Å²) in [6.45, 7) is 4.93. The van der Waals surface area contributed by atoms with Gasteiger partial charge in [-0.25, -0.2) is 13.1 Å². The molecule has 1 saturated heterocycles. The number of guanidine groups is 1. The van der Waals surface area contributed by atoms with Gasteiger partial charge in [-0.2, -0.15) is 5.10 Å². The van der Waals surface area contributed by atoms with E-state index in [9.17, 15) is 8.42 Å². The molecule has 1 aromatic carbocycles. The second kappa shape index (κ2) is 7.11. The van der Waals surface area contributed by atoms with Crippen molar-refractivity contribution < 1.29 is 8.42 Å². The summed E-state index contributed by atoms with van der Waals surface area (Å²) in [6, 6.07) is 11.9. The summed E-state index contributed by atoms with van der Waals surface area (Å²) < 4.78 is 25.4. The molecular formula is C18H25N5O2S. The smallest absolute Gasteiger partial charge is 0.194 e. The van der Waals surface area contributed by atoms with E-state index in [4.69, 9.17) is 0 Å². The summed E-state index contributed by atoms with van der Waals surface area (Å²) in [5.41, 5.74) is 1.89. The highest BCUT2D eigenvalue weighted by atomic mass is 32.2. The fraction of sp³-hybridized carbons (Fsp3) is 0.444. The number of rotatable bonds is 3. The molecule has 7 nitrogen and oxygen atoms in total. The first-order valence-corrected chi connectivity index (χ1v) is 10.3. The Labute approximate surface area is 154 Å². The summed E-state index contributed by atoms with van der Waals surface area (Å²) in [5, 5.41) is 7.86. The van der Waals surface area contributed by atoms with Gasteiger partial charge >= 0.3 is 0 Å². The number of para-hydroxylation sites is 1. The molecule has 0 bridgehead atoms. The Balaban J connectivity index is 1.65. The van der Waals surface area contributed by atoms with Crippen LogP contribution in [0.25, 0.3) is 5.69 Å². The molecule has 0 saturated carbocycles. The van der Waals surface area contributed by atoms with E-state index < -0.39 is 14.6 Å². The van der Waals surface area contributed by atoms with Crippen molar-refractivity contribution in [3.8, 4) is 5.69 Å². The Kier molecular flexibility index (Phi) is 5.04. The highest BCUT2D eigenvalue weighted by Gasteiger charge is 2.40. The monoisotopic (exact) mass is 375 g/mol. The topological polar surface area (TPSA) is 79.6 Å². The van der Waals surface area contributed by atoms with Gasteiger partial charge in [-0.1, -0.05) is 18.2 Å². The molecule has 8 heteroatoms. The summed E-state index contributed by atoms with van der Waals surface area (Å²) in [5.74, 6) is 0.839. The van der Waals surface area contributed by atoms with Crippen LogP contribution in [-0.4, -0.2) is 59.7 Å². The molecule has 3 rings (SSSR count). The summed E-state index contributed by atoms with van der Waals surface area (Å²) in [7, 11) is -1.36. The molecule has 2 aromatic rings. The maximum Gasteiger partial charge on any atom is 0.194 e. The van der Waals surface area contributed by atoms with Gasteiger partial charge in [0.15, 0.2) is 15.8 Å². The molecule has 1 aromatic heterocycles. The fourth-order valence-corrected chi connectivity index (χ4v) is 4.37. The van der Waals surface area contributed by atoms with E-state index in [1.54, 1.807) is 20.9 Å². The van der Waals surface area contributed by atoms with Crippen molar-refractivity contribution in [2.24, 2.45) is 4.99 Å². The van der Waals surface area contributed by atoms with Crippen molar-refractivity contribution in [3.63, 3.8) is 0 Å². The van der Waals surface area contributed by atoms with Gasteiger partial charge in [0, 0.05) is 26.3 Å². The molecule has 0 atom stereocenters. The van der Waals surface area contributed by atoms with Crippen molar-refractivity contribution in [1.29, 1.82) is 0 Å². The van der Waals surface area contributed by atoms with Crippen molar-refractivity contribution in [2.75, 3.05) is 25.9 Å². The van der Waals surface area contributed by atoms with E-state index in [1.165, 1.54) is 0 Å². The predicted octanol–water partition coefficient (Wildman–Crippen LogP) is 1.46. The second-order valence-corrected chi connectivity index (χ2v) is 9.73. The number of nitrogens with zero attached hydrogens (tertiary/aromatic N) is 4. The Morgan fingerprint density at radius 1 is 1.27 bits per heavy atom. The number of hydrogen-bond donors (Lipinski definition) is 1. The van der Waals surface area contributed by atoms with E-state index in [0.717, 1.165) is 11.4 Å². The minimum atomic E-state index is -3.07. The van der Waals surface area contributed by atoms with Crippen LogP contribution in [0.1, 0.15) is 19.5 Å². The van der Waals surface area contributed by atoms with Crippen LogP contribution in [0.2, 0.25) is 0 Å². The van der Waals surface area contributed by atoms with Gasteiger partial charge in [-0.3, -0.25) is 4.99 Å². The average Bonchev–Trinajstić information content (AvgIpc) is 3.08. The van der Waals surface area contributed by atoms with Crippen LogP contribution in [0.5, 0.6) is 0 Å². The number of nitrogens with one attached hydrogen (secondary N) is 1. The third-order valence-corrected chi connectivity index (χ3v) is 7.18. The zero-order valence-corrected chi connectivity index (χ0v) is 16.2. The quantitative estimate of drug-likeness (QED) is 0.649. The molecule has 0 amide bonds. The fourth-order valence-electron chi connectivity index (χ4n) is 3.01. The number of benzene rings is 1. The van der Waals surface area contributed by atoms with E-state index >= 15 is 0 Å². The number of sulfone groups is 1. The third kappa shape index (κ3) is 3.75. The molecule has 0 radical (unpaired) electrons. The van der Waals surface area contributed by atoms with Gasteiger partial charge in [0.2, 0.25) is 0 Å². The van der Waals surface area contributed by atoms with Crippen molar-refractivity contribution >= 4 is 15.8 Å². The van der Waals surface area contributed by atoms with E-state index in [0.29, 0.717) is 25.6 Å². The standard InChI is InChI=1S/C18H25N5O2S/c1-18(2)14-22(11-12-26(18,24)25)17(19-3)20-13-15-9-10-23(21-15)16-7-5-4-6-8-16/h4-10H,11-14H2,1-3H3,(H,19,20). The molecule has 1 N–H and O–H groups in total. The number of hydrogen-bond acceptors (Lipinski definition) is 4. The molecule has 2 heterocycles. The maximum atomic E-state index is 12.2. The van der Waals surface area contributed by atoms with Crippen LogP contribution in [0.15, 0.2) is 47.6 Å². The van der Waals surface area contributed by atoms with E-state index in [1.807, 2.05) is 52.2 Å². The van der Waals surface area contributed by atoms with Crippen LogP contribution in [0, 0.1) is 0 Å². The lowest BCUT2D eigenvalue weighted by Gasteiger charge is -2.39. The Bertz CT molecular complexity index is 887. The lowest BCUT2D eigenvalue weighted by atomic mass is 10.2. The first-order chi connectivity index (χ1) is 12.3. The Morgan fingerprint density at radius 2 is 2.00 bits per heavy atom. The molecule has 1 aliphatic heterocycles. The Hall–Kier alpha value is -2.35. The molecule has 1 fully saturated rings. The van der Waals surface area contributed by atoms with Gasteiger partial charge in [0.05, 0.1) is 28.4 Å². The molecule has 0 unspecified atom stereocenters. The predicted molar refractivity (Wildman–Crippen MR) is 103 cm³/mol. The molecule has 0 aliphatic carbocycles. The van der Waals surface area contributed by atoms with Crippen LogP contribution in [0.3, 0.4) is 0 Å². The lowest BCUT2D eigenvalue weighted by molar-refractivity contribution is 0.353. The van der Waals surface area contributed by atoms with Gasteiger partial charge in [0.25, 0.3) is 0 Å². The van der Waals surface area contributed by atoms with Crippen molar-refractivity contribution in [3.05, 3.63) is 48.3 Å². The van der Waals surface area contributed by atoms with Crippen LogP contribution in [0.4, 0.5) is 0 Å². The summed E-state index contributed by atoms with van der Waals surface area (Å²) in [4.78, 5) is 6.30. The number of aliphatic imine (C=N–C) groups is 1. The lowest BCUT2D eigenvalue weighted by Crippen LogP contribution is -2.57. The molecule has 26 heavy (non-hydrogen) atoms. The molecule has 1 aliphatic rings. The molecule has 140 valence electrons. The van der Waals surface area contributed by atoms with Gasteiger partial charge in [-0.05, 0) is 32.0 Å². The summed E-state index contributed by atoms with van der Waals surface area (Å²) in [6.07, 6.45) is 1.92. The van der Waals surface area contributed by atoms with Gasteiger partial charge in [0.1, 0.15) is 0 Å². The van der Waals surface area contributed by atoms with E-state index in [2.05, 4.69) is 15.4 Å². The summed E-state index contributed by atoms with van der Waals surface area (Å²) >= 11 is 0. The zero-order chi connectivity index (χ0) is 18.8. The van der Waals surface area contributed by atoms with Crippen molar-refractivity contribution in [1.82, 2.24) is 20.0 Å². The van der Waals surface area contributed by atoms with Crippen LogP contribution >= 0.6 is 0 Å². The van der Waals surface area contributed by atoms with Crippen molar-refractivity contribution in [2.45, 2.75) is 25.1 Å². The van der Waals surface area contributed by atoms with Crippen LogP contribution < -0.4 is 5.32 Å². The first-order valence-electron chi connectivity index (χ1n) is 8.60. The second-order valence-electron chi connectivity index (χ2n) is 6.99. The largest absolute Gasteiger partial charge is 0.351 e. The maximum absolute atomic E-state index is 12.2. The van der Waals surface area contributed by atoms with Gasteiger partial charge in [-0.15, -0.1) is 0 Å². The minimum absolute atomic E-state index is 0.142. The third-order valence-electron chi connectivity index (χ3n) is 4.65. The van der Waals surface area contributed by atoms with E-state index in [-0.39, 0.29) is 5.75 Å². The highest BCUT2D eigenvalue weighted by molar-refractivity contribution is 7.92. The zero-order valence-electron chi connectivity index (χ0n) is 15.4. The average molecular weight is 375 g/mol. The SMILES string of the molecule is CN=C(NCc1ccn(-c2ccccc2)n1)N1CCS(=O)(=O)C(C)(C)C1. The highest BCUT2D eigenvalue weighted by Crippen LogP contribution is 2.23. The Morgan fingerprint density at radius 3 is 2.65 bits per heavy atom. The first kappa shape index (κ1) is 18.4. The minimum Gasteiger partial charge on any atom is -0.351 e. The molecular weight excluding hydrogens is 350 g/mol. The number of aromatic nitrogens is 2. The van der Waals surface area contributed by atoms with Crippen LogP contribution in [-0.2, 0) is 16.4 Å². The van der Waals surface area contributed by atoms with Gasteiger partial charge < -0.3 is 10.2 Å². The molecule has 0 spiro atoms. The normalized spacial score (nSPS) is 19.3.